The second-order valence-electron chi connectivity index (χ2n) is 6.36. The first-order chi connectivity index (χ1) is 11.9. The molecule has 1 aliphatic heterocycles. The highest BCUT2D eigenvalue weighted by Gasteiger charge is 2.20. The van der Waals surface area contributed by atoms with Crippen molar-refractivity contribution in [3.63, 3.8) is 0 Å². The standard InChI is InChI=1S/C22H24N2.2ClH/c1-3-9-21(10-4-1)13-7-15-23-17-19-24(20-18-23)16-8-14-22-11-5-2-6-12-22;;/h1-7,9-13H,15-20H2;2*1H/b13-7+;;. The lowest BCUT2D eigenvalue weighted by atomic mass is 10.2. The lowest BCUT2D eigenvalue weighted by Crippen LogP contribution is -3.28. The molecule has 0 aliphatic carbocycles. The summed E-state index contributed by atoms with van der Waals surface area (Å²) >= 11 is 0. The fourth-order valence-electron chi connectivity index (χ4n) is 3.06. The van der Waals surface area contributed by atoms with Crippen LogP contribution in [0.5, 0.6) is 0 Å². The van der Waals surface area contributed by atoms with Crippen molar-refractivity contribution >= 4 is 6.08 Å². The molecule has 1 aliphatic rings. The Kier molecular flexibility index (Phi) is 10.8. The Morgan fingerprint density at radius 2 is 1.35 bits per heavy atom. The van der Waals surface area contributed by atoms with Crippen molar-refractivity contribution in [3.8, 4) is 11.8 Å². The zero-order valence-corrected chi connectivity index (χ0v) is 16.4. The maximum atomic E-state index is 3.34. The van der Waals surface area contributed by atoms with Crippen LogP contribution in [0.2, 0.25) is 0 Å². The molecule has 0 bridgehead atoms. The second kappa shape index (κ2) is 12.6. The minimum atomic E-state index is 0. The SMILES string of the molecule is C(#Cc1ccccc1)C[NH+]1CC[NH+](C/C=C/c2ccccc2)CC1.[Cl-].[Cl-]. The van der Waals surface area contributed by atoms with Gasteiger partial charge in [-0.05, 0) is 29.7 Å². The summed E-state index contributed by atoms with van der Waals surface area (Å²) in [7, 11) is 0. The van der Waals surface area contributed by atoms with Gasteiger partial charge in [-0.1, -0.05) is 60.5 Å². The molecule has 0 aromatic heterocycles. The van der Waals surface area contributed by atoms with E-state index in [1.807, 2.05) is 18.2 Å². The Morgan fingerprint density at radius 1 is 0.769 bits per heavy atom. The van der Waals surface area contributed by atoms with Crippen LogP contribution in [0.1, 0.15) is 11.1 Å². The number of halogens is 2. The van der Waals surface area contributed by atoms with Gasteiger partial charge in [-0.15, -0.1) is 0 Å². The van der Waals surface area contributed by atoms with Crippen LogP contribution in [0.15, 0.2) is 66.7 Å². The van der Waals surface area contributed by atoms with Crippen LogP contribution in [0.3, 0.4) is 0 Å². The summed E-state index contributed by atoms with van der Waals surface area (Å²) in [4.78, 5) is 3.30. The Balaban J connectivity index is 0.00000169. The monoisotopic (exact) mass is 388 g/mol. The molecule has 3 rings (SSSR count). The molecular weight excluding hydrogens is 363 g/mol. The van der Waals surface area contributed by atoms with Crippen molar-refractivity contribution in [1.82, 2.24) is 0 Å². The van der Waals surface area contributed by atoms with Crippen molar-refractivity contribution in [3.05, 3.63) is 77.9 Å². The molecule has 1 saturated heterocycles. The molecule has 26 heavy (non-hydrogen) atoms. The van der Waals surface area contributed by atoms with Gasteiger partial charge in [0.2, 0.25) is 0 Å². The third kappa shape index (κ3) is 7.64. The van der Waals surface area contributed by atoms with Gasteiger partial charge in [0, 0.05) is 5.56 Å². The number of hydrogen-bond acceptors (Lipinski definition) is 0. The zero-order valence-electron chi connectivity index (χ0n) is 14.9. The van der Waals surface area contributed by atoms with Crippen LogP contribution in [0.25, 0.3) is 6.08 Å². The summed E-state index contributed by atoms with van der Waals surface area (Å²) in [6, 6.07) is 20.8. The molecule has 2 aromatic rings. The fraction of sp³-hybridized carbons (Fsp3) is 0.273. The summed E-state index contributed by atoms with van der Waals surface area (Å²) in [5.74, 6) is 6.61. The molecule has 2 nitrogen and oxygen atoms in total. The van der Waals surface area contributed by atoms with Crippen molar-refractivity contribution in [2.75, 3.05) is 39.3 Å². The molecule has 0 spiro atoms. The maximum Gasteiger partial charge on any atom is 0.140 e. The van der Waals surface area contributed by atoms with Gasteiger partial charge in [0.1, 0.15) is 32.7 Å². The van der Waals surface area contributed by atoms with E-state index in [0.29, 0.717) is 0 Å². The molecule has 0 atom stereocenters. The van der Waals surface area contributed by atoms with E-state index < -0.39 is 0 Å². The molecule has 0 radical (unpaired) electrons. The summed E-state index contributed by atoms with van der Waals surface area (Å²) in [5, 5.41) is 0. The molecule has 1 heterocycles. The highest BCUT2D eigenvalue weighted by atomic mass is 35.5. The third-order valence-electron chi connectivity index (χ3n) is 4.53. The van der Waals surface area contributed by atoms with Gasteiger partial charge in [-0.25, -0.2) is 0 Å². The molecule has 0 saturated carbocycles. The summed E-state index contributed by atoms with van der Waals surface area (Å²) in [6.45, 7) is 7.00. The van der Waals surface area contributed by atoms with Crippen LogP contribution in [0, 0.1) is 11.8 Å². The first kappa shape index (κ1) is 22.3. The first-order valence-corrected chi connectivity index (χ1v) is 8.83. The molecule has 2 aromatic carbocycles. The quantitative estimate of drug-likeness (QED) is 0.483. The van der Waals surface area contributed by atoms with Crippen LogP contribution < -0.4 is 34.6 Å². The summed E-state index contributed by atoms with van der Waals surface area (Å²) < 4.78 is 0. The van der Waals surface area contributed by atoms with Gasteiger partial charge >= 0.3 is 0 Å². The number of rotatable bonds is 4. The van der Waals surface area contributed by atoms with E-state index in [-0.39, 0.29) is 24.8 Å². The second-order valence-corrected chi connectivity index (χ2v) is 6.36. The predicted octanol–water partition coefficient (Wildman–Crippen LogP) is -5.46. The van der Waals surface area contributed by atoms with E-state index in [4.69, 9.17) is 0 Å². The highest BCUT2D eigenvalue weighted by molar-refractivity contribution is 5.48. The lowest BCUT2D eigenvalue weighted by molar-refractivity contribution is -1.01. The minimum Gasteiger partial charge on any atom is -1.00 e. The molecule has 2 N–H and O–H groups in total. The van der Waals surface area contributed by atoms with Gasteiger partial charge in [0.25, 0.3) is 0 Å². The predicted molar refractivity (Wildman–Crippen MR) is 99.9 cm³/mol. The van der Waals surface area contributed by atoms with Crippen LogP contribution in [-0.2, 0) is 0 Å². The fourth-order valence-corrected chi connectivity index (χ4v) is 3.06. The van der Waals surface area contributed by atoms with E-state index in [2.05, 4.69) is 66.5 Å². The van der Waals surface area contributed by atoms with Gasteiger partial charge in [0.05, 0.1) is 6.54 Å². The number of benzene rings is 2. The lowest BCUT2D eigenvalue weighted by Gasteiger charge is -2.27. The third-order valence-corrected chi connectivity index (χ3v) is 4.53. The van der Waals surface area contributed by atoms with E-state index in [1.54, 1.807) is 9.80 Å². The minimum absolute atomic E-state index is 0. The van der Waals surface area contributed by atoms with Crippen LogP contribution >= 0.6 is 0 Å². The van der Waals surface area contributed by atoms with E-state index in [0.717, 1.165) is 18.7 Å². The van der Waals surface area contributed by atoms with Crippen LogP contribution in [0.4, 0.5) is 0 Å². The molecule has 4 heteroatoms. The highest BCUT2D eigenvalue weighted by Crippen LogP contribution is 1.99. The number of piperazine rings is 1. The van der Waals surface area contributed by atoms with E-state index in [9.17, 15) is 0 Å². The van der Waals surface area contributed by atoms with Crippen LogP contribution in [-0.4, -0.2) is 39.3 Å². The molecule has 0 amide bonds. The summed E-state index contributed by atoms with van der Waals surface area (Å²) in [6.07, 6.45) is 4.54. The van der Waals surface area contributed by atoms with Crippen molar-refractivity contribution < 1.29 is 34.6 Å². The van der Waals surface area contributed by atoms with Gasteiger partial charge in [-0.3, -0.25) is 0 Å². The Labute approximate surface area is 169 Å². The Hall–Kier alpha value is -1.76. The average molecular weight is 389 g/mol. The average Bonchev–Trinajstić information content (AvgIpc) is 2.65. The van der Waals surface area contributed by atoms with Gasteiger partial charge in [-0.2, -0.15) is 0 Å². The number of hydrogen-bond donors (Lipinski definition) is 2. The van der Waals surface area contributed by atoms with Crippen molar-refractivity contribution in [2.24, 2.45) is 0 Å². The Morgan fingerprint density at radius 3 is 2.00 bits per heavy atom. The van der Waals surface area contributed by atoms with Gasteiger partial charge < -0.3 is 34.6 Å². The molecular formula is C22H26Cl2N2. The number of nitrogens with one attached hydrogen (secondary N) is 2. The zero-order chi connectivity index (χ0) is 16.5. The molecule has 1 fully saturated rings. The topological polar surface area (TPSA) is 8.88 Å². The van der Waals surface area contributed by atoms with E-state index in [1.165, 1.54) is 31.7 Å². The largest absolute Gasteiger partial charge is 1.00 e. The van der Waals surface area contributed by atoms with Crippen molar-refractivity contribution in [2.45, 2.75) is 0 Å². The normalized spacial score (nSPS) is 18.9. The Bertz CT molecular complexity index is 697. The van der Waals surface area contributed by atoms with Gasteiger partial charge in [0.15, 0.2) is 0 Å². The van der Waals surface area contributed by atoms with Crippen molar-refractivity contribution in [1.29, 1.82) is 0 Å². The molecule has 138 valence electrons. The summed E-state index contributed by atoms with van der Waals surface area (Å²) in [5.41, 5.74) is 2.41. The first-order valence-electron chi connectivity index (χ1n) is 8.83. The smallest absolute Gasteiger partial charge is 0.140 e. The molecule has 0 unspecified atom stereocenters. The maximum absolute atomic E-state index is 3.34. The van der Waals surface area contributed by atoms with E-state index >= 15 is 0 Å². The number of quaternary nitrogens is 2.